The molecule has 0 spiro atoms. The van der Waals surface area contributed by atoms with E-state index >= 15 is 0 Å². The van der Waals surface area contributed by atoms with Gasteiger partial charge >= 0.3 is 0 Å². The highest BCUT2D eigenvalue weighted by Gasteiger charge is 2.25. The van der Waals surface area contributed by atoms with Crippen LogP contribution in [-0.2, 0) is 9.59 Å². The minimum absolute atomic E-state index is 0.0319. The van der Waals surface area contributed by atoms with Gasteiger partial charge in [0.2, 0.25) is 5.91 Å². The van der Waals surface area contributed by atoms with E-state index in [0.717, 1.165) is 0 Å². The van der Waals surface area contributed by atoms with Crippen molar-refractivity contribution >= 4 is 17.5 Å². The number of aliphatic hydroxyl groups excluding tert-OH is 1. The van der Waals surface area contributed by atoms with Crippen molar-refractivity contribution in [2.45, 2.75) is 12.5 Å². The van der Waals surface area contributed by atoms with Crippen molar-refractivity contribution in [3.8, 4) is 5.75 Å². The molecule has 0 saturated heterocycles. The van der Waals surface area contributed by atoms with Gasteiger partial charge in [-0.1, -0.05) is 12.1 Å². The molecule has 0 fully saturated rings. The lowest BCUT2D eigenvalue weighted by molar-refractivity contribution is -0.122. The van der Waals surface area contributed by atoms with Gasteiger partial charge in [0.05, 0.1) is 18.5 Å². The van der Waals surface area contributed by atoms with Crippen LogP contribution in [0.5, 0.6) is 5.75 Å². The number of aliphatic hydroxyl groups is 1. The number of furan rings is 1. The number of hydrogen-bond acceptors (Lipinski definition) is 5. The van der Waals surface area contributed by atoms with Crippen LogP contribution < -0.4 is 15.0 Å². The molecule has 1 aromatic heterocycles. The third-order valence-electron chi connectivity index (χ3n) is 3.73. The summed E-state index contributed by atoms with van der Waals surface area (Å²) in [7, 11) is 0. The third kappa shape index (κ3) is 3.57. The molecule has 7 nitrogen and oxygen atoms in total. The van der Waals surface area contributed by atoms with Crippen LogP contribution in [0.4, 0.5) is 5.69 Å². The molecule has 2 amide bonds. The molecule has 126 valence electrons. The van der Waals surface area contributed by atoms with Gasteiger partial charge in [-0.3, -0.25) is 9.59 Å². The molecule has 1 aliphatic rings. The van der Waals surface area contributed by atoms with E-state index in [9.17, 15) is 14.7 Å². The van der Waals surface area contributed by atoms with Crippen molar-refractivity contribution in [3.63, 3.8) is 0 Å². The zero-order chi connectivity index (χ0) is 16.9. The fourth-order valence-corrected chi connectivity index (χ4v) is 2.49. The molecule has 2 aromatic rings. The average molecular weight is 330 g/mol. The minimum atomic E-state index is -0.894. The highest BCUT2D eigenvalue weighted by Crippen LogP contribution is 2.31. The number of benzene rings is 1. The molecule has 1 aromatic carbocycles. The monoisotopic (exact) mass is 330 g/mol. The Morgan fingerprint density at radius 3 is 2.92 bits per heavy atom. The maximum absolute atomic E-state index is 12.0. The summed E-state index contributed by atoms with van der Waals surface area (Å²) < 4.78 is 10.4. The van der Waals surface area contributed by atoms with E-state index in [-0.39, 0.29) is 37.9 Å². The molecule has 24 heavy (non-hydrogen) atoms. The van der Waals surface area contributed by atoms with E-state index in [1.54, 1.807) is 29.2 Å². The van der Waals surface area contributed by atoms with Crippen LogP contribution in [0.25, 0.3) is 0 Å². The first-order valence-corrected chi connectivity index (χ1v) is 7.65. The van der Waals surface area contributed by atoms with Gasteiger partial charge in [0.15, 0.2) is 6.61 Å². The Balaban J connectivity index is 1.52. The van der Waals surface area contributed by atoms with Gasteiger partial charge in [-0.05, 0) is 24.3 Å². The number of nitrogens with zero attached hydrogens (tertiary/aromatic N) is 1. The lowest BCUT2D eigenvalue weighted by atomic mass is 10.2. The van der Waals surface area contributed by atoms with Gasteiger partial charge in [-0.25, -0.2) is 0 Å². The van der Waals surface area contributed by atoms with Crippen LogP contribution in [-0.4, -0.2) is 36.6 Å². The van der Waals surface area contributed by atoms with Crippen molar-refractivity contribution in [2.75, 3.05) is 24.6 Å². The Morgan fingerprint density at radius 1 is 1.29 bits per heavy atom. The molecule has 2 N–H and O–H groups in total. The van der Waals surface area contributed by atoms with Gasteiger partial charge < -0.3 is 24.5 Å². The summed E-state index contributed by atoms with van der Waals surface area (Å²) in [6.45, 7) is 0.276. The molecule has 0 aliphatic carbocycles. The lowest BCUT2D eigenvalue weighted by Crippen LogP contribution is -2.41. The second-order valence-corrected chi connectivity index (χ2v) is 5.39. The number of ether oxygens (including phenoxy) is 1. The van der Waals surface area contributed by atoms with Gasteiger partial charge in [0, 0.05) is 13.0 Å². The predicted molar refractivity (Wildman–Crippen MR) is 85.6 cm³/mol. The van der Waals surface area contributed by atoms with E-state index in [2.05, 4.69) is 5.32 Å². The van der Waals surface area contributed by atoms with E-state index in [4.69, 9.17) is 9.15 Å². The molecule has 3 rings (SSSR count). The predicted octanol–water partition coefficient (Wildman–Crippen LogP) is 1.24. The smallest absolute Gasteiger partial charge is 0.265 e. The molecule has 2 heterocycles. The number of rotatable bonds is 6. The van der Waals surface area contributed by atoms with Crippen molar-refractivity contribution < 1.29 is 23.8 Å². The van der Waals surface area contributed by atoms with Gasteiger partial charge in [-0.15, -0.1) is 0 Å². The summed E-state index contributed by atoms with van der Waals surface area (Å²) >= 11 is 0. The summed E-state index contributed by atoms with van der Waals surface area (Å²) in [5.74, 6) is 0.591. The fraction of sp³-hybridized carbons (Fsp3) is 0.294. The number of para-hydroxylation sites is 2. The standard InChI is InChI=1S/C17H18N2O5/c20-13(15-6-3-9-23-15)10-18-16(21)7-8-19-12-4-1-2-5-14(12)24-11-17(19)22/h1-6,9,13,20H,7-8,10-11H2,(H,18,21). The molecule has 1 aliphatic heterocycles. The SMILES string of the molecule is O=C(CCN1C(=O)COc2ccccc21)NCC(O)c1ccco1. The highest BCUT2D eigenvalue weighted by atomic mass is 16.5. The van der Waals surface area contributed by atoms with Crippen LogP contribution >= 0.6 is 0 Å². The Kier molecular flexibility index (Phi) is 4.81. The molecule has 1 atom stereocenters. The number of carbonyl (C=O) groups excluding carboxylic acids is 2. The molecule has 0 radical (unpaired) electrons. The maximum Gasteiger partial charge on any atom is 0.265 e. The average Bonchev–Trinajstić information content (AvgIpc) is 3.13. The molecule has 1 unspecified atom stereocenters. The first-order valence-electron chi connectivity index (χ1n) is 7.65. The second-order valence-electron chi connectivity index (χ2n) is 5.39. The molecule has 7 heteroatoms. The topological polar surface area (TPSA) is 92.0 Å². The van der Waals surface area contributed by atoms with Crippen molar-refractivity contribution in [1.29, 1.82) is 0 Å². The number of carbonyl (C=O) groups is 2. The number of amides is 2. The Hall–Kier alpha value is -2.80. The number of anilines is 1. The second kappa shape index (κ2) is 7.18. The Labute approximate surface area is 138 Å². The number of hydrogen-bond donors (Lipinski definition) is 2. The first kappa shape index (κ1) is 16.1. The largest absolute Gasteiger partial charge is 0.482 e. The third-order valence-corrected chi connectivity index (χ3v) is 3.73. The van der Waals surface area contributed by atoms with E-state index in [0.29, 0.717) is 17.2 Å². The normalized spacial score (nSPS) is 14.7. The van der Waals surface area contributed by atoms with Crippen LogP contribution in [0.15, 0.2) is 47.1 Å². The Morgan fingerprint density at radius 2 is 2.12 bits per heavy atom. The molecular weight excluding hydrogens is 312 g/mol. The van der Waals surface area contributed by atoms with Crippen LogP contribution in [0.1, 0.15) is 18.3 Å². The van der Waals surface area contributed by atoms with Crippen molar-refractivity contribution in [1.82, 2.24) is 5.32 Å². The van der Waals surface area contributed by atoms with Crippen LogP contribution in [0.2, 0.25) is 0 Å². The van der Waals surface area contributed by atoms with Gasteiger partial charge in [0.1, 0.15) is 17.6 Å². The van der Waals surface area contributed by atoms with Gasteiger partial charge in [-0.2, -0.15) is 0 Å². The fourth-order valence-electron chi connectivity index (χ4n) is 2.49. The minimum Gasteiger partial charge on any atom is -0.482 e. The molecular formula is C17H18N2O5. The van der Waals surface area contributed by atoms with Crippen LogP contribution in [0.3, 0.4) is 0 Å². The summed E-state index contributed by atoms with van der Waals surface area (Å²) in [4.78, 5) is 25.5. The van der Waals surface area contributed by atoms with E-state index in [1.165, 1.54) is 6.26 Å². The first-order chi connectivity index (χ1) is 11.6. The Bertz CT molecular complexity index is 714. The lowest BCUT2D eigenvalue weighted by Gasteiger charge is -2.29. The molecule has 0 bridgehead atoms. The van der Waals surface area contributed by atoms with E-state index < -0.39 is 6.10 Å². The number of nitrogens with one attached hydrogen (secondary N) is 1. The number of fused-ring (bicyclic) bond motifs is 1. The quantitative estimate of drug-likeness (QED) is 0.831. The van der Waals surface area contributed by atoms with E-state index in [1.807, 2.05) is 12.1 Å². The van der Waals surface area contributed by atoms with Crippen molar-refractivity contribution in [3.05, 3.63) is 48.4 Å². The summed E-state index contributed by atoms with van der Waals surface area (Å²) in [6, 6.07) is 10.5. The summed E-state index contributed by atoms with van der Waals surface area (Å²) in [6.07, 6.45) is 0.696. The zero-order valence-electron chi connectivity index (χ0n) is 13.0. The summed E-state index contributed by atoms with van der Waals surface area (Å²) in [5, 5.41) is 12.5. The zero-order valence-corrected chi connectivity index (χ0v) is 13.0. The van der Waals surface area contributed by atoms with Crippen molar-refractivity contribution in [2.24, 2.45) is 0 Å². The summed E-state index contributed by atoms with van der Waals surface area (Å²) in [5.41, 5.74) is 0.664. The molecule has 0 saturated carbocycles. The van der Waals surface area contributed by atoms with Crippen LogP contribution in [0, 0.1) is 0 Å². The maximum atomic E-state index is 12.0. The highest BCUT2D eigenvalue weighted by molar-refractivity contribution is 5.98. The van der Waals surface area contributed by atoms with Gasteiger partial charge in [0.25, 0.3) is 5.91 Å².